The van der Waals surface area contributed by atoms with Crippen molar-refractivity contribution in [2.45, 2.75) is 46.5 Å². The summed E-state index contributed by atoms with van der Waals surface area (Å²) in [4.78, 5) is 21.5. The molecule has 4 rings (SSSR count). The topological polar surface area (TPSA) is 81.9 Å². The average molecular weight is 518 g/mol. The first-order chi connectivity index (χ1) is 17.3. The van der Waals surface area contributed by atoms with Crippen LogP contribution >= 0.6 is 11.6 Å². The van der Waals surface area contributed by atoms with Gasteiger partial charge in [-0.05, 0) is 43.0 Å². The standard InChI is InChI=1S/C21H16BClF3N5O.2C2H6/c23-18-4-2-16-20(30-18)19(13(11-32)10-28-16)29-14-1-3-17(15(9-14)21(24,25)26)31-7-5-22(12-27)6-8-31;2*1-2/h1-4,9-11H,5-8H2,(H,28,29);2*1-2H3. The van der Waals surface area contributed by atoms with Gasteiger partial charge in [0.15, 0.2) is 6.29 Å². The Morgan fingerprint density at radius 2 is 1.81 bits per heavy atom. The summed E-state index contributed by atoms with van der Waals surface area (Å²) in [6.07, 6.45) is -1.67. The number of fused-ring (bicyclic) bond motifs is 1. The number of carbonyl (C=O) groups excluding carboxylic acids is 1. The minimum absolute atomic E-state index is 0.0656. The smallest absolute Gasteiger partial charge is 0.372 e. The second-order valence-electron chi connectivity index (χ2n) is 7.45. The number of nitrogens with one attached hydrogen (secondary N) is 1. The molecule has 190 valence electrons. The van der Waals surface area contributed by atoms with Gasteiger partial charge in [-0.3, -0.25) is 9.78 Å². The van der Waals surface area contributed by atoms with Crippen LogP contribution in [0.25, 0.3) is 11.0 Å². The zero-order valence-electron chi connectivity index (χ0n) is 20.7. The fraction of sp³-hybridized carbons (Fsp3) is 0.360. The summed E-state index contributed by atoms with van der Waals surface area (Å²) in [5.74, 6) is 2.18. The first kappa shape index (κ1) is 28.9. The number of nitriles is 1. The van der Waals surface area contributed by atoms with Crippen LogP contribution in [-0.2, 0) is 6.18 Å². The van der Waals surface area contributed by atoms with E-state index in [9.17, 15) is 18.0 Å². The molecule has 0 spiro atoms. The maximum Gasteiger partial charge on any atom is 0.418 e. The summed E-state index contributed by atoms with van der Waals surface area (Å²) in [6.45, 7) is 8.62. The van der Waals surface area contributed by atoms with Gasteiger partial charge in [0.1, 0.15) is 10.7 Å². The molecule has 0 unspecified atom stereocenters. The third kappa shape index (κ3) is 6.67. The van der Waals surface area contributed by atoms with Gasteiger partial charge in [0.05, 0.1) is 22.3 Å². The van der Waals surface area contributed by atoms with Crippen molar-refractivity contribution in [1.82, 2.24) is 9.97 Å². The minimum atomic E-state index is -4.59. The lowest BCUT2D eigenvalue weighted by Gasteiger charge is -2.32. The Morgan fingerprint density at radius 3 is 2.39 bits per heavy atom. The van der Waals surface area contributed by atoms with E-state index in [0.717, 1.165) is 6.07 Å². The normalized spacial score (nSPS) is 13.1. The van der Waals surface area contributed by atoms with Crippen molar-refractivity contribution in [3.8, 4) is 5.97 Å². The number of rotatable bonds is 4. The number of aldehydes is 1. The highest BCUT2D eigenvalue weighted by Crippen LogP contribution is 2.40. The number of nitrogens with zero attached hydrogens (tertiary/aromatic N) is 4. The summed E-state index contributed by atoms with van der Waals surface area (Å²) < 4.78 is 41.7. The van der Waals surface area contributed by atoms with Gasteiger partial charge in [-0.2, -0.15) is 13.2 Å². The zero-order chi connectivity index (χ0) is 26.9. The molecule has 1 saturated heterocycles. The molecule has 1 aliphatic rings. The summed E-state index contributed by atoms with van der Waals surface area (Å²) in [5, 5.41) is 12.1. The summed E-state index contributed by atoms with van der Waals surface area (Å²) in [5.41, 5.74) is 0.497. The van der Waals surface area contributed by atoms with Crippen molar-refractivity contribution in [3.63, 3.8) is 0 Å². The number of halogens is 4. The largest absolute Gasteiger partial charge is 0.418 e. The maximum atomic E-state index is 13.9. The lowest BCUT2D eigenvalue weighted by Crippen LogP contribution is -2.37. The fourth-order valence-corrected chi connectivity index (χ4v) is 3.94. The van der Waals surface area contributed by atoms with Crippen LogP contribution in [-0.4, -0.2) is 36.1 Å². The Balaban J connectivity index is 0.00000109. The van der Waals surface area contributed by atoms with Gasteiger partial charge in [-0.1, -0.05) is 39.3 Å². The number of alkyl halides is 3. The lowest BCUT2D eigenvalue weighted by atomic mass is 9.45. The van der Waals surface area contributed by atoms with E-state index in [-0.39, 0.29) is 40.0 Å². The molecular weight excluding hydrogens is 490 g/mol. The van der Waals surface area contributed by atoms with Gasteiger partial charge in [0.25, 0.3) is 6.71 Å². The molecule has 36 heavy (non-hydrogen) atoms. The van der Waals surface area contributed by atoms with Crippen LogP contribution in [0.1, 0.15) is 43.6 Å². The van der Waals surface area contributed by atoms with E-state index >= 15 is 0 Å². The number of hydrogen-bond donors (Lipinski definition) is 1. The Bertz CT molecular complexity index is 1220. The molecule has 0 aliphatic carbocycles. The van der Waals surface area contributed by atoms with E-state index in [1.54, 1.807) is 11.0 Å². The number of aromatic nitrogens is 2. The predicted octanol–water partition coefficient (Wildman–Crippen LogP) is 7.29. The first-order valence-electron chi connectivity index (χ1n) is 11.8. The molecule has 0 atom stereocenters. The Labute approximate surface area is 214 Å². The quantitative estimate of drug-likeness (QED) is 0.222. The maximum absolute atomic E-state index is 13.9. The van der Waals surface area contributed by atoms with E-state index < -0.39 is 11.7 Å². The molecule has 11 heteroatoms. The van der Waals surface area contributed by atoms with Crippen LogP contribution < -0.4 is 10.2 Å². The Hall–Kier alpha value is -3.32. The molecule has 2 aromatic heterocycles. The van der Waals surface area contributed by atoms with Crippen LogP contribution in [0.2, 0.25) is 17.8 Å². The number of hydrogen-bond acceptors (Lipinski definition) is 6. The van der Waals surface area contributed by atoms with Crippen LogP contribution in [0, 0.1) is 11.2 Å². The van der Waals surface area contributed by atoms with E-state index in [4.69, 9.17) is 16.9 Å². The lowest BCUT2D eigenvalue weighted by molar-refractivity contribution is -0.137. The predicted molar refractivity (Wildman–Crippen MR) is 141 cm³/mol. The Morgan fingerprint density at radius 1 is 1.14 bits per heavy atom. The van der Waals surface area contributed by atoms with Crippen molar-refractivity contribution in [1.29, 1.82) is 5.26 Å². The van der Waals surface area contributed by atoms with Crippen LogP contribution in [0.15, 0.2) is 36.5 Å². The van der Waals surface area contributed by atoms with Crippen molar-refractivity contribution >= 4 is 52.7 Å². The minimum Gasteiger partial charge on any atom is -0.372 e. The Kier molecular flexibility index (Phi) is 10.5. The zero-order valence-corrected chi connectivity index (χ0v) is 21.4. The molecule has 0 saturated carbocycles. The molecule has 0 amide bonds. The molecule has 3 heterocycles. The molecule has 1 fully saturated rings. The highest BCUT2D eigenvalue weighted by molar-refractivity contribution is 6.67. The molecule has 0 bridgehead atoms. The van der Waals surface area contributed by atoms with Crippen molar-refractivity contribution in [3.05, 3.63) is 52.8 Å². The third-order valence-corrected chi connectivity index (χ3v) is 5.64. The molecule has 0 radical (unpaired) electrons. The highest BCUT2D eigenvalue weighted by atomic mass is 35.5. The van der Waals surface area contributed by atoms with Gasteiger partial charge >= 0.3 is 6.18 Å². The molecular formula is C25H28BClF3N5O. The number of carbonyl (C=O) groups is 1. The monoisotopic (exact) mass is 517 g/mol. The average Bonchev–Trinajstić information content (AvgIpc) is 2.91. The first-order valence-corrected chi connectivity index (χ1v) is 12.2. The van der Waals surface area contributed by atoms with Gasteiger partial charge in [0, 0.05) is 36.6 Å². The SMILES string of the molecule is CC.CC.N#CB1CCN(c2ccc(Nc3c(C=O)cnc4ccc(Cl)nc34)cc2C(F)(F)F)CC1. The molecule has 1 aliphatic heterocycles. The number of benzene rings is 1. The summed E-state index contributed by atoms with van der Waals surface area (Å²) in [6, 6.07) is 7.08. The van der Waals surface area contributed by atoms with Gasteiger partial charge in [0.2, 0.25) is 0 Å². The highest BCUT2D eigenvalue weighted by Gasteiger charge is 2.36. The second kappa shape index (κ2) is 13.1. The molecule has 6 nitrogen and oxygen atoms in total. The van der Waals surface area contributed by atoms with Crippen molar-refractivity contribution < 1.29 is 18.0 Å². The van der Waals surface area contributed by atoms with Crippen LogP contribution in [0.4, 0.5) is 30.2 Å². The number of pyridine rings is 2. The molecule has 3 aromatic rings. The van der Waals surface area contributed by atoms with E-state index in [1.165, 1.54) is 24.4 Å². The second-order valence-corrected chi connectivity index (χ2v) is 7.84. The third-order valence-electron chi connectivity index (χ3n) is 5.42. The van der Waals surface area contributed by atoms with E-state index in [2.05, 4.69) is 21.3 Å². The van der Waals surface area contributed by atoms with E-state index in [0.29, 0.717) is 37.5 Å². The fourth-order valence-electron chi connectivity index (χ4n) is 3.79. The van der Waals surface area contributed by atoms with Gasteiger partial charge in [-0.25, -0.2) is 10.2 Å². The van der Waals surface area contributed by atoms with Crippen LogP contribution in [0.3, 0.4) is 0 Å². The number of anilines is 3. The molecule has 1 aromatic carbocycles. The summed E-state index contributed by atoms with van der Waals surface area (Å²) >= 11 is 5.97. The van der Waals surface area contributed by atoms with Crippen molar-refractivity contribution in [2.24, 2.45) is 0 Å². The van der Waals surface area contributed by atoms with Crippen molar-refractivity contribution in [2.75, 3.05) is 23.3 Å². The van der Waals surface area contributed by atoms with Gasteiger partial charge in [-0.15, -0.1) is 0 Å². The van der Waals surface area contributed by atoms with Gasteiger partial charge < -0.3 is 10.2 Å². The summed E-state index contributed by atoms with van der Waals surface area (Å²) in [7, 11) is 0. The molecule has 1 N–H and O–H groups in total. The van der Waals surface area contributed by atoms with E-state index in [1.807, 2.05) is 27.7 Å². The van der Waals surface area contributed by atoms with Crippen LogP contribution in [0.5, 0.6) is 0 Å².